The first-order valence-electron chi connectivity index (χ1n) is 6.18. The van der Waals surface area contributed by atoms with E-state index >= 15 is 0 Å². The van der Waals surface area contributed by atoms with Crippen molar-refractivity contribution in [1.29, 1.82) is 0 Å². The highest BCUT2D eigenvalue weighted by Gasteiger charge is 2.03. The second kappa shape index (κ2) is 7.48. The molecule has 1 aromatic rings. The third-order valence-electron chi connectivity index (χ3n) is 2.72. The molecule has 0 unspecified atom stereocenters. The van der Waals surface area contributed by atoms with Gasteiger partial charge in [-0.25, -0.2) is 0 Å². The minimum atomic E-state index is -0.863. The third kappa shape index (κ3) is 5.48. The summed E-state index contributed by atoms with van der Waals surface area (Å²) in [5, 5.41) is 11.2. The summed E-state index contributed by atoms with van der Waals surface area (Å²) in [7, 11) is 0. The van der Waals surface area contributed by atoms with Gasteiger partial charge in [0.25, 0.3) is 0 Å². The second-order valence-corrected chi connectivity index (χ2v) is 4.19. The van der Waals surface area contributed by atoms with Crippen LogP contribution in [0, 0.1) is 0 Å². The van der Waals surface area contributed by atoms with Crippen molar-refractivity contribution in [1.82, 2.24) is 5.32 Å². The molecule has 0 radical (unpaired) electrons. The fourth-order valence-electron chi connectivity index (χ4n) is 1.58. The highest BCUT2D eigenvalue weighted by molar-refractivity contribution is 5.76. The standard InChI is InChI=1S/C14H19NO3/c1-2-11-6-8-12(9-7-11)10-15-13(16)4-3-5-14(17)18/h6-9H,2-5,10H2,1H3,(H,15,16)(H,17,18). The monoisotopic (exact) mass is 249 g/mol. The van der Waals surface area contributed by atoms with Gasteiger partial charge in [0, 0.05) is 19.4 Å². The Balaban J connectivity index is 2.26. The number of rotatable bonds is 7. The van der Waals surface area contributed by atoms with Gasteiger partial charge in [0.15, 0.2) is 0 Å². The van der Waals surface area contributed by atoms with Crippen molar-refractivity contribution in [2.24, 2.45) is 0 Å². The largest absolute Gasteiger partial charge is 0.481 e. The smallest absolute Gasteiger partial charge is 0.303 e. The Hall–Kier alpha value is -1.84. The molecule has 0 heterocycles. The van der Waals surface area contributed by atoms with Gasteiger partial charge in [-0.05, 0) is 24.0 Å². The number of benzene rings is 1. The van der Waals surface area contributed by atoms with Crippen LogP contribution in [0.1, 0.15) is 37.3 Å². The first-order chi connectivity index (χ1) is 8.61. The summed E-state index contributed by atoms with van der Waals surface area (Å²) < 4.78 is 0. The van der Waals surface area contributed by atoms with E-state index < -0.39 is 5.97 Å². The zero-order valence-corrected chi connectivity index (χ0v) is 10.6. The van der Waals surface area contributed by atoms with Gasteiger partial charge in [0.1, 0.15) is 0 Å². The summed E-state index contributed by atoms with van der Waals surface area (Å²) in [5.41, 5.74) is 2.32. The van der Waals surface area contributed by atoms with Crippen molar-refractivity contribution in [2.75, 3.05) is 0 Å². The molecule has 1 rings (SSSR count). The minimum Gasteiger partial charge on any atom is -0.481 e. The molecule has 0 aromatic heterocycles. The zero-order valence-electron chi connectivity index (χ0n) is 10.6. The predicted octanol–water partition coefficient (Wildman–Crippen LogP) is 2.12. The van der Waals surface area contributed by atoms with Gasteiger partial charge < -0.3 is 10.4 Å². The summed E-state index contributed by atoms with van der Waals surface area (Å²) in [4.78, 5) is 21.7. The molecule has 18 heavy (non-hydrogen) atoms. The summed E-state index contributed by atoms with van der Waals surface area (Å²) in [6.45, 7) is 2.59. The van der Waals surface area contributed by atoms with E-state index in [1.54, 1.807) is 0 Å². The fourth-order valence-corrected chi connectivity index (χ4v) is 1.58. The van der Waals surface area contributed by atoms with E-state index in [9.17, 15) is 9.59 Å². The van der Waals surface area contributed by atoms with Crippen LogP contribution in [0.2, 0.25) is 0 Å². The molecule has 2 N–H and O–H groups in total. The Labute approximate surface area is 107 Å². The number of carboxylic acid groups (broad SMARTS) is 1. The maximum Gasteiger partial charge on any atom is 0.303 e. The molecule has 0 aliphatic carbocycles. The van der Waals surface area contributed by atoms with Crippen LogP contribution < -0.4 is 5.32 Å². The lowest BCUT2D eigenvalue weighted by molar-refractivity contribution is -0.137. The Bertz CT molecular complexity index is 398. The van der Waals surface area contributed by atoms with E-state index in [4.69, 9.17) is 5.11 Å². The molecule has 0 bridgehead atoms. The van der Waals surface area contributed by atoms with Crippen molar-refractivity contribution in [3.63, 3.8) is 0 Å². The van der Waals surface area contributed by atoms with Crippen LogP contribution in [0.15, 0.2) is 24.3 Å². The van der Waals surface area contributed by atoms with Gasteiger partial charge in [0.2, 0.25) is 5.91 Å². The Morgan fingerprint density at radius 3 is 2.28 bits per heavy atom. The molecule has 1 amide bonds. The predicted molar refractivity (Wildman–Crippen MR) is 69.2 cm³/mol. The van der Waals surface area contributed by atoms with Crippen LogP contribution in [0.3, 0.4) is 0 Å². The van der Waals surface area contributed by atoms with Gasteiger partial charge in [-0.15, -0.1) is 0 Å². The molecule has 4 nitrogen and oxygen atoms in total. The number of nitrogens with one attached hydrogen (secondary N) is 1. The number of carbonyl (C=O) groups is 2. The number of aliphatic carboxylic acids is 1. The van der Waals surface area contributed by atoms with Crippen LogP contribution in [0.4, 0.5) is 0 Å². The normalized spacial score (nSPS) is 10.1. The molecule has 4 heteroatoms. The number of carboxylic acids is 1. The molecule has 0 aliphatic rings. The van der Waals surface area contributed by atoms with E-state index in [1.165, 1.54) is 5.56 Å². The third-order valence-corrected chi connectivity index (χ3v) is 2.72. The molecular weight excluding hydrogens is 230 g/mol. The van der Waals surface area contributed by atoms with Gasteiger partial charge in [-0.2, -0.15) is 0 Å². The summed E-state index contributed by atoms with van der Waals surface area (Å²) in [5.74, 6) is -0.964. The zero-order chi connectivity index (χ0) is 13.4. The number of amides is 1. The topological polar surface area (TPSA) is 66.4 Å². The highest BCUT2D eigenvalue weighted by atomic mass is 16.4. The van der Waals surface area contributed by atoms with Crippen molar-refractivity contribution in [3.8, 4) is 0 Å². The molecule has 0 fully saturated rings. The first-order valence-corrected chi connectivity index (χ1v) is 6.18. The molecule has 0 saturated carbocycles. The Kier molecular flexibility index (Phi) is 5.91. The lowest BCUT2D eigenvalue weighted by Crippen LogP contribution is -2.22. The molecular formula is C14H19NO3. The van der Waals surface area contributed by atoms with Gasteiger partial charge in [0.05, 0.1) is 0 Å². The minimum absolute atomic E-state index is 0.0403. The van der Waals surface area contributed by atoms with E-state index in [0.29, 0.717) is 13.0 Å². The quantitative estimate of drug-likeness (QED) is 0.777. The lowest BCUT2D eigenvalue weighted by atomic mass is 10.1. The number of aryl methyl sites for hydroxylation is 1. The molecule has 0 spiro atoms. The number of hydrogen-bond donors (Lipinski definition) is 2. The summed E-state index contributed by atoms with van der Waals surface area (Å²) in [6, 6.07) is 8.09. The van der Waals surface area contributed by atoms with Crippen LogP contribution >= 0.6 is 0 Å². The van der Waals surface area contributed by atoms with Crippen LogP contribution in [-0.2, 0) is 22.6 Å². The Morgan fingerprint density at radius 2 is 1.72 bits per heavy atom. The van der Waals surface area contributed by atoms with Crippen molar-refractivity contribution in [3.05, 3.63) is 35.4 Å². The van der Waals surface area contributed by atoms with E-state index in [-0.39, 0.29) is 18.7 Å². The number of carbonyl (C=O) groups excluding carboxylic acids is 1. The van der Waals surface area contributed by atoms with Gasteiger partial charge in [-0.3, -0.25) is 9.59 Å². The van der Waals surface area contributed by atoms with Crippen LogP contribution in [0.25, 0.3) is 0 Å². The maximum atomic E-state index is 11.4. The van der Waals surface area contributed by atoms with Crippen LogP contribution in [-0.4, -0.2) is 17.0 Å². The van der Waals surface area contributed by atoms with Crippen molar-refractivity contribution in [2.45, 2.75) is 39.2 Å². The second-order valence-electron chi connectivity index (χ2n) is 4.19. The molecule has 98 valence electrons. The first kappa shape index (κ1) is 14.2. The summed E-state index contributed by atoms with van der Waals surface area (Å²) in [6.07, 6.45) is 1.69. The van der Waals surface area contributed by atoms with Crippen molar-refractivity contribution < 1.29 is 14.7 Å². The average molecular weight is 249 g/mol. The highest BCUT2D eigenvalue weighted by Crippen LogP contribution is 2.05. The van der Waals surface area contributed by atoms with Gasteiger partial charge in [-0.1, -0.05) is 31.2 Å². The Morgan fingerprint density at radius 1 is 1.11 bits per heavy atom. The average Bonchev–Trinajstić information content (AvgIpc) is 2.36. The molecule has 1 aromatic carbocycles. The molecule has 0 atom stereocenters. The lowest BCUT2D eigenvalue weighted by Gasteiger charge is -2.05. The van der Waals surface area contributed by atoms with E-state index in [0.717, 1.165) is 12.0 Å². The van der Waals surface area contributed by atoms with Crippen molar-refractivity contribution >= 4 is 11.9 Å². The maximum absolute atomic E-state index is 11.4. The molecule has 0 saturated heterocycles. The van der Waals surface area contributed by atoms with Gasteiger partial charge >= 0.3 is 5.97 Å². The molecule has 0 aliphatic heterocycles. The SMILES string of the molecule is CCc1ccc(CNC(=O)CCCC(=O)O)cc1. The number of hydrogen-bond acceptors (Lipinski definition) is 2. The van der Waals surface area contributed by atoms with E-state index in [2.05, 4.69) is 12.2 Å². The van der Waals surface area contributed by atoms with E-state index in [1.807, 2.05) is 24.3 Å². The fraction of sp³-hybridized carbons (Fsp3) is 0.429. The van der Waals surface area contributed by atoms with Crippen LogP contribution in [0.5, 0.6) is 0 Å². The summed E-state index contributed by atoms with van der Waals surface area (Å²) >= 11 is 0.